The third kappa shape index (κ3) is 4.20. The molecule has 0 spiro atoms. The monoisotopic (exact) mass is 283 g/mol. The normalized spacial score (nSPS) is 28.4. The van der Waals surface area contributed by atoms with E-state index in [2.05, 4.69) is 0 Å². The maximum atomic E-state index is 12.3. The van der Waals surface area contributed by atoms with Gasteiger partial charge in [0, 0.05) is 26.1 Å². The molecular weight excluding hydrogens is 258 g/mol. The molecule has 0 aromatic rings. The first-order chi connectivity index (χ1) is 9.56. The van der Waals surface area contributed by atoms with Crippen molar-refractivity contribution >= 4 is 11.9 Å². The van der Waals surface area contributed by atoms with Crippen LogP contribution >= 0.6 is 0 Å². The van der Waals surface area contributed by atoms with Gasteiger partial charge in [-0.05, 0) is 37.5 Å². The lowest BCUT2D eigenvalue weighted by molar-refractivity contribution is -0.138. The molecule has 0 saturated carbocycles. The van der Waals surface area contributed by atoms with Crippen molar-refractivity contribution in [1.29, 1.82) is 0 Å². The lowest BCUT2D eigenvalue weighted by Crippen LogP contribution is -2.43. The number of amides is 1. The highest BCUT2D eigenvalue weighted by Gasteiger charge is 2.30. The predicted molar refractivity (Wildman–Crippen MR) is 74.3 cm³/mol. The van der Waals surface area contributed by atoms with Crippen LogP contribution in [0.4, 0.5) is 0 Å². The summed E-state index contributed by atoms with van der Waals surface area (Å²) in [5, 5.41) is 8.88. The highest BCUT2D eigenvalue weighted by Crippen LogP contribution is 2.27. The number of carbonyl (C=O) groups is 2. The van der Waals surface area contributed by atoms with Crippen LogP contribution in [-0.4, -0.2) is 47.7 Å². The fraction of sp³-hybridized carbons (Fsp3) is 0.867. The van der Waals surface area contributed by atoms with E-state index in [-0.39, 0.29) is 24.3 Å². The molecule has 0 bridgehead atoms. The van der Waals surface area contributed by atoms with Crippen molar-refractivity contribution in [3.05, 3.63) is 0 Å². The molecule has 5 heteroatoms. The predicted octanol–water partition coefficient (Wildman–Crippen LogP) is 1.90. The average molecular weight is 283 g/mol. The number of likely N-dealkylation sites (tertiary alicyclic amines) is 1. The fourth-order valence-electron chi connectivity index (χ4n) is 3.27. The molecule has 114 valence electrons. The molecule has 2 rings (SSSR count). The Morgan fingerprint density at radius 2 is 2.15 bits per heavy atom. The molecule has 2 aliphatic rings. The van der Waals surface area contributed by atoms with Crippen LogP contribution in [0.15, 0.2) is 0 Å². The van der Waals surface area contributed by atoms with Gasteiger partial charge in [0.05, 0.1) is 12.5 Å². The summed E-state index contributed by atoms with van der Waals surface area (Å²) in [7, 11) is 0. The van der Waals surface area contributed by atoms with Crippen LogP contribution in [-0.2, 0) is 14.3 Å². The maximum Gasteiger partial charge on any atom is 0.303 e. The van der Waals surface area contributed by atoms with Gasteiger partial charge in [0.2, 0.25) is 5.91 Å². The van der Waals surface area contributed by atoms with Crippen LogP contribution < -0.4 is 0 Å². The molecule has 1 amide bonds. The van der Waals surface area contributed by atoms with E-state index < -0.39 is 5.97 Å². The van der Waals surface area contributed by atoms with Gasteiger partial charge in [0.25, 0.3) is 0 Å². The first-order valence-corrected chi connectivity index (χ1v) is 7.67. The molecule has 3 atom stereocenters. The molecular formula is C15H25NO4. The Hall–Kier alpha value is -1.10. The quantitative estimate of drug-likeness (QED) is 0.837. The first-order valence-electron chi connectivity index (χ1n) is 7.67. The maximum absolute atomic E-state index is 12.3. The van der Waals surface area contributed by atoms with E-state index in [1.165, 1.54) is 0 Å². The van der Waals surface area contributed by atoms with E-state index >= 15 is 0 Å². The van der Waals surface area contributed by atoms with E-state index in [0.717, 1.165) is 38.8 Å². The summed E-state index contributed by atoms with van der Waals surface area (Å²) in [4.78, 5) is 25.0. The second-order valence-electron chi connectivity index (χ2n) is 6.16. The van der Waals surface area contributed by atoms with Gasteiger partial charge < -0.3 is 14.7 Å². The van der Waals surface area contributed by atoms with Gasteiger partial charge in [0.15, 0.2) is 0 Å². The van der Waals surface area contributed by atoms with E-state index in [1.54, 1.807) is 0 Å². The van der Waals surface area contributed by atoms with E-state index in [1.807, 2.05) is 11.8 Å². The van der Waals surface area contributed by atoms with Crippen molar-refractivity contribution in [1.82, 2.24) is 4.90 Å². The summed E-state index contributed by atoms with van der Waals surface area (Å²) in [5.41, 5.74) is 0. The largest absolute Gasteiger partial charge is 0.481 e. The fourth-order valence-corrected chi connectivity index (χ4v) is 3.27. The third-order valence-corrected chi connectivity index (χ3v) is 4.54. The van der Waals surface area contributed by atoms with Crippen LogP contribution in [0.1, 0.15) is 45.4 Å². The number of carboxylic acids is 1. The smallest absolute Gasteiger partial charge is 0.303 e. The minimum atomic E-state index is -0.750. The van der Waals surface area contributed by atoms with Gasteiger partial charge in [-0.1, -0.05) is 6.92 Å². The van der Waals surface area contributed by atoms with Crippen LogP contribution in [0.5, 0.6) is 0 Å². The molecule has 2 aliphatic heterocycles. The molecule has 20 heavy (non-hydrogen) atoms. The second kappa shape index (κ2) is 7.07. The van der Waals surface area contributed by atoms with Gasteiger partial charge in [-0.3, -0.25) is 9.59 Å². The summed E-state index contributed by atoms with van der Waals surface area (Å²) in [5.74, 6) is -0.136. The number of hydrogen-bond acceptors (Lipinski definition) is 3. The van der Waals surface area contributed by atoms with Gasteiger partial charge in [-0.2, -0.15) is 0 Å². The molecule has 0 aliphatic carbocycles. The van der Waals surface area contributed by atoms with Crippen molar-refractivity contribution in [2.75, 3.05) is 19.7 Å². The zero-order valence-electron chi connectivity index (χ0n) is 12.2. The van der Waals surface area contributed by atoms with Crippen molar-refractivity contribution in [3.8, 4) is 0 Å². The number of carboxylic acid groups (broad SMARTS) is 1. The summed E-state index contributed by atoms with van der Waals surface area (Å²) in [6.45, 7) is 4.27. The minimum absolute atomic E-state index is 0.0966. The molecule has 0 aromatic heterocycles. The van der Waals surface area contributed by atoms with Crippen molar-refractivity contribution in [3.63, 3.8) is 0 Å². The van der Waals surface area contributed by atoms with Crippen molar-refractivity contribution < 1.29 is 19.4 Å². The Morgan fingerprint density at radius 3 is 2.80 bits per heavy atom. The summed E-state index contributed by atoms with van der Waals surface area (Å²) in [6, 6.07) is 0. The van der Waals surface area contributed by atoms with E-state index in [4.69, 9.17) is 9.84 Å². The SMILES string of the molecule is CC(CC(=O)O)C1CCCN(C(=O)CC2CCCO2)C1. The topological polar surface area (TPSA) is 66.8 Å². The van der Waals surface area contributed by atoms with Crippen molar-refractivity contribution in [2.24, 2.45) is 11.8 Å². The average Bonchev–Trinajstić information content (AvgIpc) is 2.91. The Bertz CT molecular complexity index is 352. The number of ether oxygens (including phenoxy) is 1. The Kier molecular flexibility index (Phi) is 5.40. The summed E-state index contributed by atoms with van der Waals surface area (Å²) in [6.07, 6.45) is 4.82. The number of aliphatic carboxylic acids is 1. The van der Waals surface area contributed by atoms with Crippen molar-refractivity contribution in [2.45, 2.75) is 51.6 Å². The summed E-state index contributed by atoms with van der Waals surface area (Å²) >= 11 is 0. The Morgan fingerprint density at radius 1 is 1.35 bits per heavy atom. The van der Waals surface area contributed by atoms with Crippen LogP contribution in [0.3, 0.4) is 0 Å². The van der Waals surface area contributed by atoms with Gasteiger partial charge in [-0.15, -0.1) is 0 Å². The third-order valence-electron chi connectivity index (χ3n) is 4.54. The second-order valence-corrected chi connectivity index (χ2v) is 6.16. The number of hydrogen-bond donors (Lipinski definition) is 1. The van der Waals surface area contributed by atoms with Gasteiger partial charge in [0.1, 0.15) is 0 Å². The zero-order chi connectivity index (χ0) is 14.5. The lowest BCUT2D eigenvalue weighted by atomic mass is 9.84. The molecule has 0 radical (unpaired) electrons. The zero-order valence-corrected chi connectivity index (χ0v) is 12.2. The van der Waals surface area contributed by atoms with Crippen LogP contribution in [0.25, 0.3) is 0 Å². The molecule has 3 unspecified atom stereocenters. The molecule has 2 saturated heterocycles. The van der Waals surface area contributed by atoms with Gasteiger partial charge >= 0.3 is 5.97 Å². The number of carbonyl (C=O) groups excluding carboxylic acids is 1. The van der Waals surface area contributed by atoms with Gasteiger partial charge in [-0.25, -0.2) is 0 Å². The first kappa shape index (κ1) is 15.3. The van der Waals surface area contributed by atoms with E-state index in [9.17, 15) is 9.59 Å². The molecule has 0 aromatic carbocycles. The molecule has 2 fully saturated rings. The Labute approximate surface area is 120 Å². The minimum Gasteiger partial charge on any atom is -0.481 e. The van der Waals surface area contributed by atoms with E-state index in [0.29, 0.717) is 18.9 Å². The number of rotatable bonds is 5. The standard InChI is InChI=1S/C15H25NO4/c1-11(8-15(18)19)12-4-2-6-16(10-12)14(17)9-13-5-3-7-20-13/h11-13H,2-10H2,1H3,(H,18,19). The molecule has 5 nitrogen and oxygen atoms in total. The highest BCUT2D eigenvalue weighted by atomic mass is 16.5. The summed E-state index contributed by atoms with van der Waals surface area (Å²) < 4.78 is 5.52. The van der Waals surface area contributed by atoms with Crippen LogP contribution in [0.2, 0.25) is 0 Å². The number of nitrogens with zero attached hydrogens (tertiary/aromatic N) is 1. The lowest BCUT2D eigenvalue weighted by Gasteiger charge is -2.36. The van der Waals surface area contributed by atoms with Crippen LogP contribution in [0, 0.1) is 11.8 Å². The molecule has 1 N–H and O–H groups in total. The Balaban J connectivity index is 1.82. The molecule has 2 heterocycles. The highest BCUT2D eigenvalue weighted by molar-refractivity contribution is 5.76. The number of piperidine rings is 1.